The van der Waals surface area contributed by atoms with E-state index in [0.29, 0.717) is 0 Å². The number of aliphatic imine (C=N–C) groups is 1. The molecule has 0 fully saturated rings. The van der Waals surface area contributed by atoms with E-state index in [1.807, 2.05) is 0 Å². The van der Waals surface area contributed by atoms with Crippen molar-refractivity contribution < 1.29 is 23.4 Å². The minimum atomic E-state index is -4.06. The van der Waals surface area contributed by atoms with Gasteiger partial charge in [-0.3, -0.25) is 4.79 Å². The van der Waals surface area contributed by atoms with E-state index in [9.17, 15) is 23.4 Å². The lowest BCUT2D eigenvalue weighted by Crippen LogP contribution is -2.40. The Morgan fingerprint density at radius 1 is 1.12 bits per heavy atom. The van der Waals surface area contributed by atoms with Crippen LogP contribution in [0, 0.1) is 5.41 Å². The third-order valence-corrected chi connectivity index (χ3v) is 6.03. The first-order chi connectivity index (χ1) is 11.2. The van der Waals surface area contributed by atoms with Crippen LogP contribution < -0.4 is 5.73 Å². The fourth-order valence-electron chi connectivity index (χ4n) is 1.68. The Balaban J connectivity index is 3.22. The normalized spacial score (nSPS) is 14.4. The molecule has 1 amide bonds. The van der Waals surface area contributed by atoms with E-state index in [1.54, 1.807) is 20.8 Å². The molecule has 0 saturated carbocycles. The second-order valence-corrected chi connectivity index (χ2v) is 9.63. The van der Waals surface area contributed by atoms with Gasteiger partial charge in [0.25, 0.3) is 5.91 Å². The van der Waals surface area contributed by atoms with Crippen LogP contribution in [0.3, 0.4) is 0 Å². The van der Waals surface area contributed by atoms with Gasteiger partial charge in [-0.15, -0.1) is 0 Å². The number of nitrogens with zero attached hydrogens (tertiary/aromatic N) is 1. The van der Waals surface area contributed by atoms with Gasteiger partial charge in [0.05, 0.1) is 4.90 Å². The van der Waals surface area contributed by atoms with Gasteiger partial charge in [-0.2, -0.15) is 4.99 Å². The molecule has 0 bridgehead atoms. The number of aromatic hydroxyl groups is 1. The molecule has 0 aliphatic rings. The number of carbonyl (C=O) groups excluding carboxylic acids is 1. The zero-order valence-electron chi connectivity index (χ0n) is 14.9. The number of allylic oxidation sites excluding steroid dienone is 1. The molecular weight excluding hydrogens is 344 g/mol. The number of benzene rings is 1. The third kappa shape index (κ3) is 4.60. The minimum Gasteiger partial charge on any atom is -0.512 e. The number of carbonyl (C=O) groups is 1. The Bertz CT molecular complexity index is 814. The van der Waals surface area contributed by atoms with Gasteiger partial charge in [0.2, 0.25) is 0 Å². The Labute approximate surface area is 147 Å². The van der Waals surface area contributed by atoms with Crippen LogP contribution in [0.25, 0.3) is 0 Å². The summed E-state index contributed by atoms with van der Waals surface area (Å²) in [6.07, 6.45) is 1.13. The number of rotatable bonds is 4. The number of aliphatic hydroxyl groups is 1. The molecule has 8 heteroatoms. The SMILES string of the molecule is CC(C)(C)/C(O)=C/C(N)=NC(=O)C(C)(C)S(=O)(=O)c1ccc(O)cc1. The average molecular weight is 368 g/mol. The lowest BCUT2D eigenvalue weighted by molar-refractivity contribution is -0.119. The molecule has 7 nitrogen and oxygen atoms in total. The van der Waals surface area contributed by atoms with Crippen LogP contribution in [0.15, 0.2) is 46.0 Å². The van der Waals surface area contributed by atoms with Crippen molar-refractivity contribution in [3.05, 3.63) is 36.1 Å². The van der Waals surface area contributed by atoms with Crippen LogP contribution in [-0.2, 0) is 14.6 Å². The number of phenols is 1. The Hall–Kier alpha value is -2.35. The quantitative estimate of drug-likeness (QED) is 0.425. The number of amidine groups is 1. The van der Waals surface area contributed by atoms with E-state index in [4.69, 9.17) is 5.73 Å². The van der Waals surface area contributed by atoms with Crippen LogP contribution in [0.1, 0.15) is 34.6 Å². The summed E-state index contributed by atoms with van der Waals surface area (Å²) in [6, 6.07) is 4.85. The zero-order valence-corrected chi connectivity index (χ0v) is 15.8. The summed E-state index contributed by atoms with van der Waals surface area (Å²) in [4.78, 5) is 15.9. The molecule has 0 aliphatic carbocycles. The van der Waals surface area contributed by atoms with Crippen molar-refractivity contribution >= 4 is 21.6 Å². The summed E-state index contributed by atoms with van der Waals surface area (Å²) in [5.41, 5.74) is 5.05. The van der Waals surface area contributed by atoms with Crippen LogP contribution in [-0.4, -0.2) is 35.1 Å². The van der Waals surface area contributed by atoms with Gasteiger partial charge in [0.1, 0.15) is 17.3 Å². The number of phenolic OH excluding ortho intramolecular Hbond substituents is 1. The molecule has 1 aromatic carbocycles. The topological polar surface area (TPSA) is 130 Å². The molecule has 1 rings (SSSR count). The predicted molar refractivity (Wildman–Crippen MR) is 96.2 cm³/mol. The van der Waals surface area contributed by atoms with E-state index >= 15 is 0 Å². The van der Waals surface area contributed by atoms with Gasteiger partial charge >= 0.3 is 0 Å². The number of sulfone groups is 1. The van der Waals surface area contributed by atoms with E-state index in [-0.39, 0.29) is 22.2 Å². The van der Waals surface area contributed by atoms with Crippen molar-refractivity contribution in [2.45, 2.75) is 44.3 Å². The van der Waals surface area contributed by atoms with Crippen molar-refractivity contribution in [1.29, 1.82) is 0 Å². The highest BCUT2D eigenvalue weighted by Gasteiger charge is 2.43. The van der Waals surface area contributed by atoms with Crippen molar-refractivity contribution in [3.63, 3.8) is 0 Å². The van der Waals surface area contributed by atoms with E-state index in [0.717, 1.165) is 6.08 Å². The molecule has 0 radical (unpaired) electrons. The van der Waals surface area contributed by atoms with Crippen LogP contribution in [0.5, 0.6) is 5.75 Å². The summed E-state index contributed by atoms with van der Waals surface area (Å²) in [5.74, 6) is -1.42. The molecule has 4 N–H and O–H groups in total. The van der Waals surface area contributed by atoms with Gasteiger partial charge in [-0.05, 0) is 38.1 Å². The van der Waals surface area contributed by atoms with Gasteiger partial charge in [-0.25, -0.2) is 8.42 Å². The number of aliphatic hydroxyl groups excluding tert-OH is 1. The predicted octanol–water partition coefficient (Wildman–Crippen LogP) is 2.32. The molecule has 0 saturated heterocycles. The van der Waals surface area contributed by atoms with Crippen LogP contribution >= 0.6 is 0 Å². The first-order valence-corrected chi connectivity index (χ1v) is 9.01. The van der Waals surface area contributed by atoms with Crippen molar-refractivity contribution in [2.24, 2.45) is 16.1 Å². The maximum absolute atomic E-state index is 12.7. The second-order valence-electron chi connectivity index (χ2n) is 7.13. The molecule has 138 valence electrons. The molecule has 0 spiro atoms. The van der Waals surface area contributed by atoms with Gasteiger partial charge < -0.3 is 15.9 Å². The molecule has 0 aliphatic heterocycles. The smallest absolute Gasteiger partial charge is 0.268 e. The minimum absolute atomic E-state index is 0.0826. The summed E-state index contributed by atoms with van der Waals surface area (Å²) in [5, 5.41) is 19.2. The Morgan fingerprint density at radius 2 is 1.60 bits per heavy atom. The molecule has 1 aromatic rings. The van der Waals surface area contributed by atoms with Gasteiger partial charge in [0, 0.05) is 11.5 Å². The zero-order chi connectivity index (χ0) is 19.6. The molecule has 0 heterocycles. The lowest BCUT2D eigenvalue weighted by Gasteiger charge is -2.21. The highest BCUT2D eigenvalue weighted by Crippen LogP contribution is 2.28. The molecular formula is C17H24N2O5S. The highest BCUT2D eigenvalue weighted by atomic mass is 32.2. The fourth-order valence-corrected chi connectivity index (χ4v) is 3.03. The van der Waals surface area contributed by atoms with Gasteiger partial charge in [-0.1, -0.05) is 20.8 Å². The van der Waals surface area contributed by atoms with Crippen molar-refractivity contribution in [2.75, 3.05) is 0 Å². The standard InChI is InChI=1S/C17H24N2O5S/c1-16(2,3)13(21)10-14(18)19-15(22)17(4,5)25(23,24)12-8-6-11(20)7-9-12/h6-10,20-21H,1-5H3,(H2,18,19,22)/b13-10-. The van der Waals surface area contributed by atoms with Crippen molar-refractivity contribution in [1.82, 2.24) is 0 Å². The third-order valence-electron chi connectivity index (χ3n) is 3.62. The molecule has 0 aromatic heterocycles. The maximum atomic E-state index is 12.7. The number of hydrogen-bond donors (Lipinski definition) is 3. The van der Waals surface area contributed by atoms with Gasteiger partial charge in [0.15, 0.2) is 14.6 Å². The monoisotopic (exact) mass is 368 g/mol. The fraction of sp³-hybridized carbons (Fsp3) is 0.412. The average Bonchev–Trinajstić information content (AvgIpc) is 2.46. The first kappa shape index (κ1) is 20.7. The molecule has 0 atom stereocenters. The van der Waals surface area contributed by atoms with Crippen LogP contribution in [0.2, 0.25) is 0 Å². The largest absolute Gasteiger partial charge is 0.512 e. The second kappa shape index (κ2) is 6.87. The summed E-state index contributed by atoms with van der Waals surface area (Å²) < 4.78 is 23.5. The van der Waals surface area contributed by atoms with E-state index in [2.05, 4.69) is 4.99 Å². The summed E-state index contributed by atoms with van der Waals surface area (Å²) in [6.45, 7) is 7.68. The summed E-state index contributed by atoms with van der Waals surface area (Å²) >= 11 is 0. The molecule has 0 unspecified atom stereocenters. The maximum Gasteiger partial charge on any atom is 0.268 e. The number of nitrogens with two attached hydrogens (primary N) is 1. The van der Waals surface area contributed by atoms with E-state index in [1.165, 1.54) is 38.1 Å². The molecule has 25 heavy (non-hydrogen) atoms. The summed E-state index contributed by atoms with van der Waals surface area (Å²) in [7, 11) is -4.06. The number of amides is 1. The Kier molecular flexibility index (Phi) is 5.69. The van der Waals surface area contributed by atoms with E-state index < -0.39 is 25.9 Å². The van der Waals surface area contributed by atoms with Crippen LogP contribution in [0.4, 0.5) is 0 Å². The first-order valence-electron chi connectivity index (χ1n) is 7.53. The lowest BCUT2D eigenvalue weighted by atomic mass is 9.93. The Morgan fingerprint density at radius 3 is 2.04 bits per heavy atom. The number of hydrogen-bond acceptors (Lipinski definition) is 5. The van der Waals surface area contributed by atoms with Crippen molar-refractivity contribution in [3.8, 4) is 5.75 Å². The highest BCUT2D eigenvalue weighted by molar-refractivity contribution is 7.93.